The van der Waals surface area contributed by atoms with Gasteiger partial charge in [-0.25, -0.2) is 0 Å². The van der Waals surface area contributed by atoms with E-state index in [4.69, 9.17) is 28.8 Å². The van der Waals surface area contributed by atoms with E-state index in [0.29, 0.717) is 6.54 Å². The molecule has 1 fully saturated rings. The monoisotopic (exact) mass is 348 g/mol. The Morgan fingerprint density at radius 2 is 1.91 bits per heavy atom. The number of rotatable bonds is 3. The van der Waals surface area contributed by atoms with E-state index in [1.54, 1.807) is 7.11 Å². The van der Waals surface area contributed by atoms with Gasteiger partial charge in [0.2, 0.25) is 0 Å². The van der Waals surface area contributed by atoms with Crippen LogP contribution >= 0.6 is 18.6 Å². The van der Waals surface area contributed by atoms with E-state index < -0.39 is 6.34 Å². The van der Waals surface area contributed by atoms with Crippen LogP contribution in [0.2, 0.25) is 0 Å². The lowest BCUT2D eigenvalue weighted by molar-refractivity contribution is 0.415. The highest BCUT2D eigenvalue weighted by Crippen LogP contribution is 2.51. The lowest BCUT2D eigenvalue weighted by atomic mass is 10.2. The molecule has 2 aromatic carbocycles. The fourth-order valence-electron chi connectivity index (χ4n) is 2.53. The largest absolute Gasteiger partial charge is 0.497 e. The SMILES string of the molecule is COc1ccc(P2(=S)NC(=S)CN2c2cccc(C)c2)cc1. The number of benzene rings is 2. The lowest BCUT2D eigenvalue weighted by Gasteiger charge is -2.29. The van der Waals surface area contributed by atoms with Crippen LogP contribution in [0.4, 0.5) is 5.69 Å². The molecule has 0 aliphatic carbocycles. The van der Waals surface area contributed by atoms with E-state index in [9.17, 15) is 0 Å². The fraction of sp³-hybridized carbons (Fsp3) is 0.188. The first-order valence-electron chi connectivity index (χ1n) is 6.93. The van der Waals surface area contributed by atoms with Crippen LogP contribution in [-0.2, 0) is 11.8 Å². The standard InChI is InChI=1S/C16H17N2OPS2/c1-12-4-3-5-13(10-12)18-11-16(21)17-20(18,22)15-8-6-14(19-2)7-9-15/h3-10H,11H2,1-2H3,(H,17,21,22). The highest BCUT2D eigenvalue weighted by atomic mass is 32.4. The number of ether oxygens (including phenoxy) is 1. The molecule has 1 aliphatic heterocycles. The minimum atomic E-state index is -2.14. The molecular formula is C16H17N2OPS2. The summed E-state index contributed by atoms with van der Waals surface area (Å²) < 4.78 is 7.47. The fourth-order valence-corrected chi connectivity index (χ4v) is 6.76. The normalized spacial score (nSPS) is 20.8. The van der Waals surface area contributed by atoms with Crippen LogP contribution in [-0.4, -0.2) is 18.6 Å². The Morgan fingerprint density at radius 3 is 2.55 bits per heavy atom. The van der Waals surface area contributed by atoms with Crippen molar-refractivity contribution in [1.82, 2.24) is 5.09 Å². The van der Waals surface area contributed by atoms with E-state index >= 15 is 0 Å². The van der Waals surface area contributed by atoms with Crippen LogP contribution in [0.25, 0.3) is 0 Å². The lowest BCUT2D eigenvalue weighted by Crippen LogP contribution is -2.24. The average Bonchev–Trinajstić information content (AvgIpc) is 2.83. The molecule has 3 rings (SSSR count). The molecule has 1 N–H and O–H groups in total. The number of thiocarbonyl (C=S) groups is 1. The molecule has 0 amide bonds. The Bertz CT molecular complexity index is 761. The Kier molecular flexibility index (Phi) is 4.22. The Labute approximate surface area is 141 Å². The summed E-state index contributed by atoms with van der Waals surface area (Å²) in [4.78, 5) is 0.806. The van der Waals surface area contributed by atoms with Crippen molar-refractivity contribution in [3.05, 3.63) is 54.1 Å². The smallest absolute Gasteiger partial charge is 0.151 e. The molecular weight excluding hydrogens is 331 g/mol. The summed E-state index contributed by atoms with van der Waals surface area (Å²) in [5.74, 6) is 0.828. The molecule has 0 saturated carbocycles. The first-order chi connectivity index (χ1) is 10.5. The molecule has 1 saturated heterocycles. The predicted molar refractivity (Wildman–Crippen MR) is 101 cm³/mol. The van der Waals surface area contributed by atoms with Crippen molar-refractivity contribution in [2.45, 2.75) is 6.92 Å². The van der Waals surface area contributed by atoms with Gasteiger partial charge in [0, 0.05) is 11.0 Å². The molecule has 1 heterocycles. The molecule has 3 nitrogen and oxygen atoms in total. The van der Waals surface area contributed by atoms with E-state index in [-0.39, 0.29) is 0 Å². The molecule has 114 valence electrons. The summed E-state index contributed by atoms with van der Waals surface area (Å²) in [5, 5.41) is 4.48. The Morgan fingerprint density at radius 1 is 1.18 bits per heavy atom. The summed E-state index contributed by atoms with van der Waals surface area (Å²) in [7, 11) is 1.66. The summed E-state index contributed by atoms with van der Waals surface area (Å²) in [6.07, 6.45) is -2.14. The molecule has 0 spiro atoms. The van der Waals surface area contributed by atoms with Gasteiger partial charge in [0.15, 0.2) is 6.34 Å². The van der Waals surface area contributed by atoms with Gasteiger partial charge < -0.3 is 14.5 Å². The van der Waals surface area contributed by atoms with Crippen molar-refractivity contribution in [3.63, 3.8) is 0 Å². The van der Waals surface area contributed by atoms with Crippen LogP contribution in [0, 0.1) is 6.92 Å². The summed E-state index contributed by atoms with van der Waals surface area (Å²) in [6.45, 7) is 2.75. The van der Waals surface area contributed by atoms with Gasteiger partial charge >= 0.3 is 0 Å². The molecule has 6 heteroatoms. The molecule has 0 bridgehead atoms. The van der Waals surface area contributed by atoms with E-state index in [2.05, 4.69) is 40.9 Å². The van der Waals surface area contributed by atoms with Crippen molar-refractivity contribution in [1.29, 1.82) is 0 Å². The first-order valence-corrected chi connectivity index (χ1v) is 10.1. The maximum atomic E-state index is 6.03. The number of hydrogen-bond acceptors (Lipinski definition) is 3. The van der Waals surface area contributed by atoms with Gasteiger partial charge in [-0.05, 0) is 60.7 Å². The van der Waals surface area contributed by atoms with Crippen LogP contribution in [0.5, 0.6) is 5.75 Å². The van der Waals surface area contributed by atoms with Gasteiger partial charge in [0.1, 0.15) is 10.7 Å². The molecule has 2 aromatic rings. The number of nitrogens with zero attached hydrogens (tertiary/aromatic N) is 1. The summed E-state index contributed by atoms with van der Waals surface area (Å²) in [6, 6.07) is 16.3. The van der Waals surface area contributed by atoms with E-state index in [1.165, 1.54) is 5.56 Å². The number of methoxy groups -OCH3 is 1. The topological polar surface area (TPSA) is 24.5 Å². The van der Waals surface area contributed by atoms with Gasteiger partial charge in [-0.3, -0.25) is 0 Å². The number of anilines is 1. The van der Waals surface area contributed by atoms with Crippen molar-refractivity contribution in [2.24, 2.45) is 0 Å². The Hall–Kier alpha value is -1.42. The quantitative estimate of drug-likeness (QED) is 0.677. The third-order valence-corrected chi connectivity index (χ3v) is 8.14. The van der Waals surface area contributed by atoms with Crippen molar-refractivity contribution >= 4 is 46.3 Å². The highest BCUT2D eigenvalue weighted by molar-refractivity contribution is 8.18. The molecule has 1 unspecified atom stereocenters. The van der Waals surface area contributed by atoms with Crippen LogP contribution in [0.3, 0.4) is 0 Å². The van der Waals surface area contributed by atoms with Crippen molar-refractivity contribution in [3.8, 4) is 5.75 Å². The third kappa shape index (κ3) is 2.76. The third-order valence-electron chi connectivity index (χ3n) is 3.63. The minimum absolute atomic E-state index is 0.669. The second kappa shape index (κ2) is 5.99. The number of nitrogens with one attached hydrogen (secondary N) is 1. The van der Waals surface area contributed by atoms with Gasteiger partial charge in [0.05, 0.1) is 13.7 Å². The molecule has 22 heavy (non-hydrogen) atoms. The van der Waals surface area contributed by atoms with E-state index in [1.807, 2.05) is 24.3 Å². The summed E-state index contributed by atoms with van der Waals surface area (Å²) >= 11 is 11.4. The molecule has 1 atom stereocenters. The molecule has 1 aliphatic rings. The molecule has 0 radical (unpaired) electrons. The summed E-state index contributed by atoms with van der Waals surface area (Å²) in [5.41, 5.74) is 2.33. The highest BCUT2D eigenvalue weighted by Gasteiger charge is 2.35. The van der Waals surface area contributed by atoms with Gasteiger partial charge in [-0.15, -0.1) is 0 Å². The van der Waals surface area contributed by atoms with Crippen LogP contribution in [0.15, 0.2) is 48.5 Å². The second-order valence-corrected chi connectivity index (χ2v) is 9.66. The van der Waals surface area contributed by atoms with Gasteiger partial charge in [-0.2, -0.15) is 0 Å². The number of aryl methyl sites for hydroxylation is 1. The maximum Gasteiger partial charge on any atom is 0.151 e. The van der Waals surface area contributed by atoms with Crippen molar-refractivity contribution in [2.75, 3.05) is 18.3 Å². The van der Waals surface area contributed by atoms with E-state index in [0.717, 1.165) is 21.7 Å². The van der Waals surface area contributed by atoms with Crippen LogP contribution in [0.1, 0.15) is 5.56 Å². The first kappa shape index (κ1) is 15.5. The van der Waals surface area contributed by atoms with Gasteiger partial charge in [0.25, 0.3) is 0 Å². The average molecular weight is 348 g/mol. The molecule has 0 aromatic heterocycles. The Balaban J connectivity index is 2.05. The number of hydrogen-bond donors (Lipinski definition) is 1. The zero-order valence-corrected chi connectivity index (χ0v) is 15.0. The minimum Gasteiger partial charge on any atom is -0.497 e. The van der Waals surface area contributed by atoms with Crippen LogP contribution < -0.4 is 19.8 Å². The zero-order valence-electron chi connectivity index (χ0n) is 12.4. The second-order valence-electron chi connectivity index (χ2n) is 5.21. The zero-order chi connectivity index (χ0) is 15.7. The predicted octanol–water partition coefficient (Wildman–Crippen LogP) is 3.38. The van der Waals surface area contributed by atoms with Gasteiger partial charge in [-0.1, -0.05) is 24.4 Å². The maximum absolute atomic E-state index is 6.03. The van der Waals surface area contributed by atoms with Crippen molar-refractivity contribution < 1.29 is 4.74 Å².